The van der Waals surface area contributed by atoms with Gasteiger partial charge in [-0.05, 0) is 55.5 Å². The SMILES string of the molecule is COc1ccc2nccc(Nc3ccc(C(C)=O)cc3)c2c1. The van der Waals surface area contributed by atoms with Crippen molar-refractivity contribution in [2.75, 3.05) is 12.4 Å². The highest BCUT2D eigenvalue weighted by atomic mass is 16.5. The Hall–Kier alpha value is -2.88. The molecule has 4 nitrogen and oxygen atoms in total. The Labute approximate surface area is 128 Å². The molecule has 0 unspecified atom stereocenters. The number of fused-ring (bicyclic) bond motifs is 1. The zero-order valence-corrected chi connectivity index (χ0v) is 12.5. The fraction of sp³-hybridized carbons (Fsp3) is 0.111. The van der Waals surface area contributed by atoms with Crippen LogP contribution in [-0.2, 0) is 0 Å². The molecule has 1 aromatic heterocycles. The third-order valence-corrected chi connectivity index (χ3v) is 3.52. The van der Waals surface area contributed by atoms with Crippen LogP contribution in [0.25, 0.3) is 10.9 Å². The standard InChI is InChI=1S/C18H16N2O2/c1-12(21)13-3-5-14(6-4-13)20-18-9-10-19-17-8-7-15(22-2)11-16(17)18/h3-11H,1-2H3,(H,19,20). The Morgan fingerprint density at radius 3 is 2.55 bits per heavy atom. The zero-order valence-electron chi connectivity index (χ0n) is 12.5. The zero-order chi connectivity index (χ0) is 15.5. The highest BCUT2D eigenvalue weighted by Gasteiger charge is 2.05. The molecular weight excluding hydrogens is 276 g/mol. The monoisotopic (exact) mass is 292 g/mol. The van der Waals surface area contributed by atoms with E-state index in [-0.39, 0.29) is 5.78 Å². The number of Topliss-reactive ketones (excluding diaryl/α,β-unsaturated/α-hetero) is 1. The van der Waals surface area contributed by atoms with Crippen LogP contribution in [0.15, 0.2) is 54.7 Å². The number of ether oxygens (including phenoxy) is 1. The molecule has 3 aromatic rings. The van der Waals surface area contributed by atoms with E-state index in [9.17, 15) is 4.79 Å². The fourth-order valence-corrected chi connectivity index (χ4v) is 2.31. The average Bonchev–Trinajstić information content (AvgIpc) is 2.55. The van der Waals surface area contributed by atoms with Crippen LogP contribution in [0.2, 0.25) is 0 Å². The number of rotatable bonds is 4. The second-order valence-corrected chi connectivity index (χ2v) is 5.00. The summed E-state index contributed by atoms with van der Waals surface area (Å²) in [6, 6.07) is 15.1. The van der Waals surface area contributed by atoms with Crippen molar-refractivity contribution in [1.29, 1.82) is 0 Å². The molecular formula is C18H16N2O2. The molecule has 0 atom stereocenters. The van der Waals surface area contributed by atoms with Gasteiger partial charge in [-0.3, -0.25) is 9.78 Å². The van der Waals surface area contributed by atoms with Gasteiger partial charge in [0.2, 0.25) is 0 Å². The number of hydrogen-bond acceptors (Lipinski definition) is 4. The molecule has 0 spiro atoms. The minimum atomic E-state index is 0.0608. The van der Waals surface area contributed by atoms with Gasteiger partial charge in [-0.2, -0.15) is 0 Å². The maximum atomic E-state index is 11.3. The lowest BCUT2D eigenvalue weighted by molar-refractivity contribution is 0.101. The van der Waals surface area contributed by atoms with Crippen LogP contribution in [0, 0.1) is 0 Å². The number of nitrogens with zero attached hydrogens (tertiary/aromatic N) is 1. The lowest BCUT2D eigenvalue weighted by Gasteiger charge is -2.11. The van der Waals surface area contributed by atoms with E-state index in [4.69, 9.17) is 4.74 Å². The molecule has 0 saturated heterocycles. The molecule has 0 aliphatic rings. The molecule has 0 bridgehead atoms. The molecule has 1 heterocycles. The summed E-state index contributed by atoms with van der Waals surface area (Å²) in [6.45, 7) is 1.56. The van der Waals surface area contributed by atoms with Crippen LogP contribution in [0.4, 0.5) is 11.4 Å². The Bertz CT molecular complexity index is 826. The first-order valence-corrected chi connectivity index (χ1v) is 6.98. The van der Waals surface area contributed by atoms with E-state index in [1.54, 1.807) is 20.2 Å². The number of carbonyl (C=O) groups excluding carboxylic acids is 1. The first-order chi connectivity index (χ1) is 10.7. The van der Waals surface area contributed by atoms with E-state index < -0.39 is 0 Å². The van der Waals surface area contributed by atoms with Gasteiger partial charge in [0.05, 0.1) is 12.6 Å². The van der Waals surface area contributed by atoms with Gasteiger partial charge in [-0.15, -0.1) is 0 Å². The summed E-state index contributed by atoms with van der Waals surface area (Å²) in [6.07, 6.45) is 1.76. The van der Waals surface area contributed by atoms with Crippen LogP contribution >= 0.6 is 0 Å². The summed E-state index contributed by atoms with van der Waals surface area (Å²) < 4.78 is 5.28. The predicted octanol–water partition coefficient (Wildman–Crippen LogP) is 4.19. The van der Waals surface area contributed by atoms with Crippen LogP contribution in [0.1, 0.15) is 17.3 Å². The van der Waals surface area contributed by atoms with Crippen LogP contribution in [0.3, 0.4) is 0 Å². The van der Waals surface area contributed by atoms with E-state index >= 15 is 0 Å². The topological polar surface area (TPSA) is 51.2 Å². The molecule has 22 heavy (non-hydrogen) atoms. The summed E-state index contributed by atoms with van der Waals surface area (Å²) in [5.74, 6) is 0.848. The Balaban J connectivity index is 1.97. The minimum Gasteiger partial charge on any atom is -0.497 e. The van der Waals surface area contributed by atoms with Crippen molar-refractivity contribution in [2.24, 2.45) is 0 Å². The summed E-state index contributed by atoms with van der Waals surface area (Å²) in [4.78, 5) is 15.7. The van der Waals surface area contributed by atoms with Gasteiger partial charge in [0.1, 0.15) is 5.75 Å². The van der Waals surface area contributed by atoms with Crippen molar-refractivity contribution in [3.05, 3.63) is 60.3 Å². The highest BCUT2D eigenvalue weighted by molar-refractivity contribution is 5.95. The molecule has 0 fully saturated rings. The Morgan fingerprint density at radius 2 is 1.86 bits per heavy atom. The van der Waals surface area contributed by atoms with Crippen LogP contribution in [-0.4, -0.2) is 17.9 Å². The molecule has 0 aliphatic carbocycles. The molecule has 1 N–H and O–H groups in total. The first kappa shape index (κ1) is 14.1. The van der Waals surface area contributed by atoms with E-state index in [2.05, 4.69) is 10.3 Å². The number of aromatic nitrogens is 1. The number of pyridine rings is 1. The lowest BCUT2D eigenvalue weighted by Crippen LogP contribution is -1.95. The number of ketones is 1. The van der Waals surface area contributed by atoms with Gasteiger partial charge >= 0.3 is 0 Å². The minimum absolute atomic E-state index is 0.0608. The van der Waals surface area contributed by atoms with Gasteiger partial charge in [0.25, 0.3) is 0 Å². The number of anilines is 2. The number of benzene rings is 2. The van der Waals surface area contributed by atoms with Gasteiger partial charge in [0.15, 0.2) is 5.78 Å². The molecule has 4 heteroatoms. The van der Waals surface area contributed by atoms with Crippen molar-refractivity contribution in [1.82, 2.24) is 4.98 Å². The first-order valence-electron chi connectivity index (χ1n) is 6.98. The summed E-state index contributed by atoms with van der Waals surface area (Å²) in [5.41, 5.74) is 3.46. The van der Waals surface area contributed by atoms with E-state index in [1.807, 2.05) is 48.5 Å². The number of nitrogens with one attached hydrogen (secondary N) is 1. The third-order valence-electron chi connectivity index (χ3n) is 3.52. The second kappa shape index (κ2) is 5.85. The molecule has 0 saturated carbocycles. The highest BCUT2D eigenvalue weighted by Crippen LogP contribution is 2.28. The van der Waals surface area contributed by atoms with Gasteiger partial charge < -0.3 is 10.1 Å². The lowest BCUT2D eigenvalue weighted by atomic mass is 10.1. The van der Waals surface area contributed by atoms with Crippen molar-refractivity contribution < 1.29 is 9.53 Å². The predicted molar refractivity (Wildman–Crippen MR) is 88.0 cm³/mol. The largest absolute Gasteiger partial charge is 0.497 e. The number of hydrogen-bond donors (Lipinski definition) is 1. The number of methoxy groups -OCH3 is 1. The summed E-state index contributed by atoms with van der Waals surface area (Å²) in [5, 5.41) is 4.34. The van der Waals surface area contributed by atoms with Crippen molar-refractivity contribution in [2.45, 2.75) is 6.92 Å². The molecule has 3 rings (SSSR count). The molecule has 110 valence electrons. The van der Waals surface area contributed by atoms with Crippen molar-refractivity contribution >= 4 is 28.1 Å². The maximum absolute atomic E-state index is 11.3. The second-order valence-electron chi connectivity index (χ2n) is 5.00. The van der Waals surface area contributed by atoms with Crippen molar-refractivity contribution in [3.63, 3.8) is 0 Å². The molecule has 2 aromatic carbocycles. The Kier molecular flexibility index (Phi) is 3.74. The third kappa shape index (κ3) is 2.76. The average molecular weight is 292 g/mol. The smallest absolute Gasteiger partial charge is 0.159 e. The van der Waals surface area contributed by atoms with E-state index in [0.29, 0.717) is 5.56 Å². The van der Waals surface area contributed by atoms with E-state index in [1.165, 1.54) is 0 Å². The van der Waals surface area contributed by atoms with E-state index in [0.717, 1.165) is 28.0 Å². The van der Waals surface area contributed by atoms with Gasteiger partial charge in [-0.25, -0.2) is 0 Å². The summed E-state index contributed by atoms with van der Waals surface area (Å²) in [7, 11) is 1.64. The summed E-state index contributed by atoms with van der Waals surface area (Å²) >= 11 is 0. The Morgan fingerprint density at radius 1 is 1.09 bits per heavy atom. The number of carbonyl (C=O) groups is 1. The van der Waals surface area contributed by atoms with Crippen molar-refractivity contribution in [3.8, 4) is 5.75 Å². The van der Waals surface area contributed by atoms with Gasteiger partial charge in [-0.1, -0.05) is 0 Å². The fourth-order valence-electron chi connectivity index (χ4n) is 2.31. The molecule has 0 radical (unpaired) electrons. The maximum Gasteiger partial charge on any atom is 0.159 e. The van der Waals surface area contributed by atoms with Crippen LogP contribution in [0.5, 0.6) is 5.75 Å². The van der Waals surface area contributed by atoms with Crippen LogP contribution < -0.4 is 10.1 Å². The molecule has 0 aliphatic heterocycles. The normalized spacial score (nSPS) is 10.5. The molecule has 0 amide bonds. The quantitative estimate of drug-likeness (QED) is 0.733. The van der Waals surface area contributed by atoms with Gasteiger partial charge in [0, 0.05) is 28.5 Å².